The molecule has 1 aliphatic heterocycles. The van der Waals surface area contributed by atoms with Gasteiger partial charge in [-0.3, -0.25) is 9.59 Å². The van der Waals surface area contributed by atoms with Gasteiger partial charge in [-0.2, -0.15) is 0 Å². The van der Waals surface area contributed by atoms with Gasteiger partial charge in [0.05, 0.1) is 19.9 Å². The van der Waals surface area contributed by atoms with Crippen molar-refractivity contribution in [2.75, 3.05) is 32.2 Å². The van der Waals surface area contributed by atoms with E-state index < -0.39 is 5.92 Å². The summed E-state index contributed by atoms with van der Waals surface area (Å²) in [7, 11) is 3.20. The van der Waals surface area contributed by atoms with Crippen LogP contribution in [0.5, 0.6) is 11.5 Å². The molecular formula is C21H24N2O4. The van der Waals surface area contributed by atoms with Crippen LogP contribution in [-0.4, -0.2) is 39.1 Å². The van der Waals surface area contributed by atoms with Crippen LogP contribution < -0.4 is 19.7 Å². The van der Waals surface area contributed by atoms with Gasteiger partial charge in [0.25, 0.3) is 0 Å². The maximum absolute atomic E-state index is 12.7. The van der Waals surface area contributed by atoms with Gasteiger partial charge in [0, 0.05) is 13.1 Å². The molecule has 1 aliphatic rings. The van der Waals surface area contributed by atoms with Gasteiger partial charge in [0.15, 0.2) is 0 Å². The molecule has 0 radical (unpaired) electrons. The summed E-state index contributed by atoms with van der Waals surface area (Å²) in [6.45, 7) is 0.960. The van der Waals surface area contributed by atoms with Crippen molar-refractivity contribution in [2.24, 2.45) is 5.92 Å². The number of benzene rings is 2. The van der Waals surface area contributed by atoms with Gasteiger partial charge >= 0.3 is 0 Å². The molecule has 0 saturated carbocycles. The van der Waals surface area contributed by atoms with Crippen LogP contribution in [0.4, 0.5) is 5.69 Å². The summed E-state index contributed by atoms with van der Waals surface area (Å²) >= 11 is 0. The molecule has 1 fully saturated rings. The standard InChI is InChI=1S/C21H24N2O4/c1-26-18-9-5-3-7-15(18)11-13-22-20(24)16-12-14-23(21(16)25)17-8-4-6-10-19(17)27-2/h3-10,16H,11-14H2,1-2H3,(H,22,24). The van der Waals surface area contributed by atoms with E-state index in [1.807, 2.05) is 48.5 Å². The van der Waals surface area contributed by atoms with E-state index in [4.69, 9.17) is 9.47 Å². The van der Waals surface area contributed by atoms with E-state index in [1.165, 1.54) is 0 Å². The molecule has 2 aromatic carbocycles. The second-order valence-electron chi connectivity index (χ2n) is 6.36. The fourth-order valence-corrected chi connectivity index (χ4v) is 3.37. The number of hydrogen-bond donors (Lipinski definition) is 1. The SMILES string of the molecule is COc1ccccc1CCNC(=O)C1CCN(c2ccccc2OC)C1=O. The monoisotopic (exact) mass is 368 g/mol. The number of para-hydroxylation sites is 3. The average Bonchev–Trinajstić information content (AvgIpc) is 3.09. The lowest BCUT2D eigenvalue weighted by atomic mass is 10.1. The molecule has 1 N–H and O–H groups in total. The van der Waals surface area contributed by atoms with Crippen molar-refractivity contribution in [1.82, 2.24) is 5.32 Å². The number of carbonyl (C=O) groups excluding carboxylic acids is 2. The Morgan fingerprint density at radius 2 is 1.74 bits per heavy atom. The molecule has 6 heteroatoms. The molecule has 0 spiro atoms. The van der Waals surface area contributed by atoms with Crippen LogP contribution in [0.15, 0.2) is 48.5 Å². The van der Waals surface area contributed by atoms with Crippen molar-refractivity contribution in [2.45, 2.75) is 12.8 Å². The third-order valence-corrected chi connectivity index (χ3v) is 4.78. The summed E-state index contributed by atoms with van der Waals surface area (Å²) in [5.74, 6) is 0.350. The van der Waals surface area contributed by atoms with Crippen molar-refractivity contribution in [3.63, 3.8) is 0 Å². The molecule has 2 amide bonds. The van der Waals surface area contributed by atoms with Crippen molar-refractivity contribution in [1.29, 1.82) is 0 Å². The lowest BCUT2D eigenvalue weighted by Crippen LogP contribution is -2.37. The Labute approximate surface area is 159 Å². The number of methoxy groups -OCH3 is 2. The van der Waals surface area contributed by atoms with E-state index in [0.29, 0.717) is 37.4 Å². The summed E-state index contributed by atoms with van der Waals surface area (Å²) in [4.78, 5) is 26.9. The molecule has 2 aromatic rings. The van der Waals surface area contributed by atoms with Crippen LogP contribution in [0.2, 0.25) is 0 Å². The molecule has 0 aromatic heterocycles. The first-order valence-electron chi connectivity index (χ1n) is 8.99. The molecule has 142 valence electrons. The molecule has 0 aliphatic carbocycles. The molecule has 0 bridgehead atoms. The lowest BCUT2D eigenvalue weighted by molar-refractivity contribution is -0.132. The fraction of sp³-hybridized carbons (Fsp3) is 0.333. The zero-order chi connectivity index (χ0) is 19.2. The van der Waals surface area contributed by atoms with E-state index in [-0.39, 0.29) is 11.8 Å². The number of rotatable bonds is 7. The highest BCUT2D eigenvalue weighted by atomic mass is 16.5. The van der Waals surface area contributed by atoms with Gasteiger partial charge in [0.2, 0.25) is 11.8 Å². The third kappa shape index (κ3) is 4.05. The van der Waals surface area contributed by atoms with Crippen LogP contribution in [-0.2, 0) is 16.0 Å². The first-order chi connectivity index (χ1) is 13.2. The van der Waals surface area contributed by atoms with Crippen LogP contribution in [0, 0.1) is 5.92 Å². The van der Waals surface area contributed by atoms with Gasteiger partial charge in [-0.05, 0) is 36.6 Å². The summed E-state index contributed by atoms with van der Waals surface area (Å²) < 4.78 is 10.7. The topological polar surface area (TPSA) is 67.9 Å². The van der Waals surface area contributed by atoms with Gasteiger partial charge in [-0.15, -0.1) is 0 Å². The van der Waals surface area contributed by atoms with Crippen molar-refractivity contribution >= 4 is 17.5 Å². The Balaban J connectivity index is 1.59. The molecular weight excluding hydrogens is 344 g/mol. The normalized spacial score (nSPS) is 16.3. The highest BCUT2D eigenvalue weighted by molar-refractivity contribution is 6.10. The molecule has 1 atom stereocenters. The minimum absolute atomic E-state index is 0.186. The second-order valence-corrected chi connectivity index (χ2v) is 6.36. The molecule has 1 heterocycles. The number of ether oxygens (including phenoxy) is 2. The van der Waals surface area contributed by atoms with Gasteiger partial charge in [-0.25, -0.2) is 0 Å². The highest BCUT2D eigenvalue weighted by Gasteiger charge is 2.38. The van der Waals surface area contributed by atoms with E-state index >= 15 is 0 Å². The van der Waals surface area contributed by atoms with E-state index in [1.54, 1.807) is 19.1 Å². The maximum Gasteiger partial charge on any atom is 0.239 e. The Kier molecular flexibility index (Phi) is 5.96. The Morgan fingerprint density at radius 3 is 2.48 bits per heavy atom. The summed E-state index contributed by atoms with van der Waals surface area (Å²) in [5.41, 5.74) is 1.73. The smallest absolute Gasteiger partial charge is 0.239 e. The first-order valence-corrected chi connectivity index (χ1v) is 8.99. The number of amides is 2. The fourth-order valence-electron chi connectivity index (χ4n) is 3.37. The Hall–Kier alpha value is -3.02. The number of nitrogens with zero attached hydrogens (tertiary/aromatic N) is 1. The van der Waals surface area contributed by atoms with Crippen LogP contribution >= 0.6 is 0 Å². The average molecular weight is 368 g/mol. The van der Waals surface area contributed by atoms with Crippen molar-refractivity contribution in [3.05, 3.63) is 54.1 Å². The molecule has 1 saturated heterocycles. The van der Waals surface area contributed by atoms with Crippen molar-refractivity contribution in [3.8, 4) is 11.5 Å². The largest absolute Gasteiger partial charge is 0.496 e. The number of carbonyl (C=O) groups is 2. The zero-order valence-electron chi connectivity index (χ0n) is 15.6. The van der Waals surface area contributed by atoms with Gasteiger partial charge < -0.3 is 19.7 Å². The van der Waals surface area contributed by atoms with Gasteiger partial charge in [0.1, 0.15) is 17.4 Å². The zero-order valence-corrected chi connectivity index (χ0v) is 15.6. The molecule has 6 nitrogen and oxygen atoms in total. The quantitative estimate of drug-likeness (QED) is 0.762. The minimum Gasteiger partial charge on any atom is -0.496 e. The number of nitrogens with one attached hydrogen (secondary N) is 1. The Bertz CT molecular complexity index is 821. The summed E-state index contributed by atoms with van der Waals surface area (Å²) in [6.07, 6.45) is 1.14. The molecule has 27 heavy (non-hydrogen) atoms. The summed E-state index contributed by atoms with van der Waals surface area (Å²) in [6, 6.07) is 15.0. The minimum atomic E-state index is -0.660. The van der Waals surface area contributed by atoms with E-state index in [0.717, 1.165) is 11.3 Å². The molecule has 1 unspecified atom stereocenters. The third-order valence-electron chi connectivity index (χ3n) is 4.78. The first kappa shape index (κ1) is 18.8. The predicted molar refractivity (Wildman–Crippen MR) is 103 cm³/mol. The van der Waals surface area contributed by atoms with Crippen molar-refractivity contribution < 1.29 is 19.1 Å². The summed E-state index contributed by atoms with van der Waals surface area (Å²) in [5, 5.41) is 2.88. The van der Waals surface area contributed by atoms with Crippen LogP contribution in [0.3, 0.4) is 0 Å². The number of hydrogen-bond acceptors (Lipinski definition) is 4. The molecule has 3 rings (SSSR count). The van der Waals surface area contributed by atoms with E-state index in [9.17, 15) is 9.59 Å². The van der Waals surface area contributed by atoms with Crippen LogP contribution in [0.1, 0.15) is 12.0 Å². The number of anilines is 1. The second kappa shape index (κ2) is 8.58. The predicted octanol–water partition coefficient (Wildman–Crippen LogP) is 2.42. The van der Waals surface area contributed by atoms with E-state index in [2.05, 4.69) is 5.32 Å². The van der Waals surface area contributed by atoms with Gasteiger partial charge in [-0.1, -0.05) is 30.3 Å². The maximum atomic E-state index is 12.7. The highest BCUT2D eigenvalue weighted by Crippen LogP contribution is 2.32. The lowest BCUT2D eigenvalue weighted by Gasteiger charge is -2.19. The Morgan fingerprint density at radius 1 is 1.07 bits per heavy atom. The van der Waals surface area contributed by atoms with Crippen LogP contribution in [0.25, 0.3) is 0 Å².